The summed E-state index contributed by atoms with van der Waals surface area (Å²) in [6, 6.07) is 4.42. The standard InChI is InChI=1S/C15H23FN4O/c1-4-20(5-2)15(17)19-9-8-18-14(21)12-7-6-11(3)13(16)10-12/h6-7,10H,4-5,8-9H2,1-3H3,(H2,17,19)(H,18,21). The van der Waals surface area contributed by atoms with E-state index in [1.807, 2.05) is 18.7 Å². The maximum absolute atomic E-state index is 13.4. The Balaban J connectivity index is 2.47. The molecule has 0 spiro atoms. The maximum atomic E-state index is 13.4. The van der Waals surface area contributed by atoms with Gasteiger partial charge in [0.05, 0.1) is 6.54 Å². The summed E-state index contributed by atoms with van der Waals surface area (Å²) < 4.78 is 13.4. The number of halogens is 1. The summed E-state index contributed by atoms with van der Waals surface area (Å²) in [4.78, 5) is 18.0. The molecule has 0 saturated carbocycles. The second-order valence-corrected chi connectivity index (χ2v) is 4.63. The van der Waals surface area contributed by atoms with E-state index < -0.39 is 0 Å². The van der Waals surface area contributed by atoms with Gasteiger partial charge in [-0.1, -0.05) is 6.07 Å². The maximum Gasteiger partial charge on any atom is 0.251 e. The first-order valence-corrected chi connectivity index (χ1v) is 7.08. The van der Waals surface area contributed by atoms with Gasteiger partial charge in [0, 0.05) is 25.2 Å². The molecule has 0 saturated heterocycles. The van der Waals surface area contributed by atoms with Gasteiger partial charge < -0.3 is 16.0 Å². The summed E-state index contributed by atoms with van der Waals surface area (Å²) in [5, 5.41) is 2.69. The summed E-state index contributed by atoms with van der Waals surface area (Å²) >= 11 is 0. The number of carbonyl (C=O) groups excluding carboxylic acids is 1. The van der Waals surface area contributed by atoms with Crippen LogP contribution >= 0.6 is 0 Å². The highest BCUT2D eigenvalue weighted by atomic mass is 19.1. The lowest BCUT2D eigenvalue weighted by Crippen LogP contribution is -2.37. The van der Waals surface area contributed by atoms with Gasteiger partial charge in [-0.3, -0.25) is 9.79 Å². The normalized spacial score (nSPS) is 11.3. The molecule has 0 fully saturated rings. The molecule has 0 atom stereocenters. The second-order valence-electron chi connectivity index (χ2n) is 4.63. The third kappa shape index (κ3) is 5.06. The van der Waals surface area contributed by atoms with E-state index in [-0.39, 0.29) is 11.7 Å². The third-order valence-electron chi connectivity index (χ3n) is 3.19. The number of hydrogen-bond donors (Lipinski definition) is 2. The molecule has 1 aromatic carbocycles. The summed E-state index contributed by atoms with van der Waals surface area (Å²) in [6.07, 6.45) is 0. The highest BCUT2D eigenvalue weighted by Crippen LogP contribution is 2.08. The fraction of sp³-hybridized carbons (Fsp3) is 0.467. The van der Waals surface area contributed by atoms with Crippen molar-refractivity contribution in [1.29, 1.82) is 0 Å². The first kappa shape index (κ1) is 16.9. The lowest BCUT2D eigenvalue weighted by molar-refractivity contribution is 0.0954. The molecule has 5 nitrogen and oxygen atoms in total. The van der Waals surface area contributed by atoms with Crippen LogP contribution in [0.15, 0.2) is 23.2 Å². The number of rotatable bonds is 6. The van der Waals surface area contributed by atoms with Crippen LogP contribution in [0.1, 0.15) is 29.8 Å². The van der Waals surface area contributed by atoms with Crippen LogP contribution < -0.4 is 11.1 Å². The Morgan fingerprint density at radius 3 is 2.62 bits per heavy atom. The Kier molecular flexibility index (Phi) is 6.65. The summed E-state index contributed by atoms with van der Waals surface area (Å²) in [5.74, 6) is -0.229. The van der Waals surface area contributed by atoms with Crippen molar-refractivity contribution in [3.8, 4) is 0 Å². The molecule has 1 amide bonds. The molecule has 21 heavy (non-hydrogen) atoms. The molecule has 0 aliphatic heterocycles. The van der Waals surface area contributed by atoms with Gasteiger partial charge >= 0.3 is 0 Å². The fourth-order valence-corrected chi connectivity index (χ4v) is 1.82. The largest absolute Gasteiger partial charge is 0.370 e. The predicted molar refractivity (Wildman–Crippen MR) is 82.9 cm³/mol. The van der Waals surface area contributed by atoms with Crippen LogP contribution in [0.25, 0.3) is 0 Å². The lowest BCUT2D eigenvalue weighted by Gasteiger charge is -2.19. The van der Waals surface area contributed by atoms with Gasteiger partial charge in [-0.05, 0) is 38.5 Å². The molecule has 0 aliphatic carbocycles. The number of benzene rings is 1. The van der Waals surface area contributed by atoms with E-state index in [9.17, 15) is 9.18 Å². The molecule has 0 heterocycles. The van der Waals surface area contributed by atoms with E-state index in [0.717, 1.165) is 13.1 Å². The topological polar surface area (TPSA) is 70.7 Å². The Labute approximate surface area is 125 Å². The highest BCUT2D eigenvalue weighted by Gasteiger charge is 2.07. The third-order valence-corrected chi connectivity index (χ3v) is 3.19. The zero-order valence-electron chi connectivity index (χ0n) is 12.8. The summed E-state index contributed by atoms with van der Waals surface area (Å²) in [5.41, 5.74) is 6.64. The SMILES string of the molecule is CCN(CC)C(N)=NCCNC(=O)c1ccc(C)c(F)c1. The van der Waals surface area contributed by atoms with Crippen molar-refractivity contribution in [1.82, 2.24) is 10.2 Å². The van der Waals surface area contributed by atoms with E-state index in [1.54, 1.807) is 19.1 Å². The van der Waals surface area contributed by atoms with Crippen molar-refractivity contribution in [3.63, 3.8) is 0 Å². The molecule has 0 aromatic heterocycles. The number of nitrogens with one attached hydrogen (secondary N) is 1. The number of nitrogens with zero attached hydrogens (tertiary/aromatic N) is 2. The van der Waals surface area contributed by atoms with Crippen molar-refractivity contribution in [2.24, 2.45) is 10.7 Å². The molecular weight excluding hydrogens is 271 g/mol. The van der Waals surface area contributed by atoms with Gasteiger partial charge in [0.1, 0.15) is 5.82 Å². The minimum absolute atomic E-state index is 0.304. The molecule has 0 radical (unpaired) electrons. The van der Waals surface area contributed by atoms with Crippen LogP contribution in [-0.4, -0.2) is 42.9 Å². The predicted octanol–water partition coefficient (Wildman–Crippen LogP) is 1.52. The minimum Gasteiger partial charge on any atom is -0.370 e. The Morgan fingerprint density at radius 1 is 1.38 bits per heavy atom. The number of guanidine groups is 1. The van der Waals surface area contributed by atoms with Gasteiger partial charge in [0.2, 0.25) is 0 Å². The fourth-order valence-electron chi connectivity index (χ4n) is 1.82. The Bertz CT molecular complexity index is 512. The average Bonchev–Trinajstić information content (AvgIpc) is 2.47. The van der Waals surface area contributed by atoms with E-state index in [1.165, 1.54) is 6.07 Å². The van der Waals surface area contributed by atoms with Gasteiger partial charge in [0.25, 0.3) is 5.91 Å². The van der Waals surface area contributed by atoms with Gasteiger partial charge in [0.15, 0.2) is 5.96 Å². The molecule has 3 N–H and O–H groups in total. The average molecular weight is 294 g/mol. The minimum atomic E-state index is -0.383. The highest BCUT2D eigenvalue weighted by molar-refractivity contribution is 5.94. The molecule has 6 heteroatoms. The van der Waals surface area contributed by atoms with Crippen molar-refractivity contribution >= 4 is 11.9 Å². The van der Waals surface area contributed by atoms with E-state index in [0.29, 0.717) is 30.2 Å². The summed E-state index contributed by atoms with van der Waals surface area (Å²) in [6.45, 7) is 7.99. The number of carbonyl (C=O) groups is 1. The molecule has 1 rings (SSSR count). The number of aryl methyl sites for hydroxylation is 1. The molecule has 0 unspecified atom stereocenters. The van der Waals surface area contributed by atoms with E-state index >= 15 is 0 Å². The smallest absolute Gasteiger partial charge is 0.251 e. The van der Waals surface area contributed by atoms with Gasteiger partial charge in [-0.2, -0.15) is 0 Å². The van der Waals surface area contributed by atoms with E-state index in [4.69, 9.17) is 5.73 Å². The quantitative estimate of drug-likeness (QED) is 0.475. The molecule has 116 valence electrons. The zero-order chi connectivity index (χ0) is 15.8. The number of aliphatic imine (C=N–C) groups is 1. The molecular formula is C15H23FN4O. The van der Waals surface area contributed by atoms with Crippen LogP contribution in [0.4, 0.5) is 4.39 Å². The second kappa shape index (κ2) is 8.24. The van der Waals surface area contributed by atoms with Crippen LogP contribution in [0, 0.1) is 12.7 Å². The summed E-state index contributed by atoms with van der Waals surface area (Å²) in [7, 11) is 0. The molecule has 0 aliphatic rings. The monoisotopic (exact) mass is 294 g/mol. The van der Waals surface area contributed by atoms with E-state index in [2.05, 4.69) is 10.3 Å². The van der Waals surface area contributed by atoms with Gasteiger partial charge in [-0.15, -0.1) is 0 Å². The number of hydrogen-bond acceptors (Lipinski definition) is 2. The van der Waals surface area contributed by atoms with Crippen LogP contribution in [0.2, 0.25) is 0 Å². The van der Waals surface area contributed by atoms with Crippen LogP contribution in [-0.2, 0) is 0 Å². The first-order chi connectivity index (χ1) is 9.99. The molecule has 1 aromatic rings. The molecule has 0 bridgehead atoms. The van der Waals surface area contributed by atoms with Gasteiger partial charge in [-0.25, -0.2) is 4.39 Å². The number of nitrogens with two attached hydrogens (primary N) is 1. The first-order valence-electron chi connectivity index (χ1n) is 7.08. The zero-order valence-corrected chi connectivity index (χ0v) is 12.8. The van der Waals surface area contributed by atoms with Crippen molar-refractivity contribution in [2.75, 3.05) is 26.2 Å². The lowest BCUT2D eigenvalue weighted by atomic mass is 10.1. The van der Waals surface area contributed by atoms with Crippen molar-refractivity contribution < 1.29 is 9.18 Å². The Hall–Kier alpha value is -2.11. The van der Waals surface area contributed by atoms with Crippen LogP contribution in [0.5, 0.6) is 0 Å². The van der Waals surface area contributed by atoms with Crippen molar-refractivity contribution in [2.45, 2.75) is 20.8 Å². The number of amides is 1. The van der Waals surface area contributed by atoms with Crippen LogP contribution in [0.3, 0.4) is 0 Å². The van der Waals surface area contributed by atoms with Crippen molar-refractivity contribution in [3.05, 3.63) is 35.1 Å². The Morgan fingerprint density at radius 2 is 2.05 bits per heavy atom.